The first kappa shape index (κ1) is 17.4. The zero-order chi connectivity index (χ0) is 17.8. The molecule has 5 nitrogen and oxygen atoms in total. The number of anilines is 1. The maximum atomic E-state index is 4.66. The fraction of sp³-hybridized carbons (Fsp3) is 0.524. The lowest BCUT2D eigenvalue weighted by Gasteiger charge is -2.25. The van der Waals surface area contributed by atoms with Gasteiger partial charge in [-0.2, -0.15) is 0 Å². The minimum atomic E-state index is 0.465. The third kappa shape index (κ3) is 3.89. The van der Waals surface area contributed by atoms with Crippen molar-refractivity contribution in [3.8, 4) is 0 Å². The molecular weight excluding hydrogens is 322 g/mol. The van der Waals surface area contributed by atoms with Gasteiger partial charge in [0, 0.05) is 50.8 Å². The van der Waals surface area contributed by atoms with E-state index in [4.69, 9.17) is 0 Å². The third-order valence-corrected chi connectivity index (χ3v) is 5.77. The first-order chi connectivity index (χ1) is 12.8. The molecule has 26 heavy (non-hydrogen) atoms. The van der Waals surface area contributed by atoms with Crippen LogP contribution in [-0.2, 0) is 6.54 Å². The number of nitrogens with zero attached hydrogens (tertiary/aromatic N) is 4. The molecule has 0 saturated carbocycles. The van der Waals surface area contributed by atoms with Crippen LogP contribution in [0.15, 0.2) is 42.9 Å². The van der Waals surface area contributed by atoms with Crippen molar-refractivity contribution in [2.45, 2.75) is 31.8 Å². The first-order valence-electron chi connectivity index (χ1n) is 9.82. The predicted octanol–water partition coefficient (Wildman–Crippen LogP) is 2.86. The monoisotopic (exact) mass is 351 g/mol. The molecule has 2 aromatic rings. The Morgan fingerprint density at radius 1 is 1.12 bits per heavy atom. The van der Waals surface area contributed by atoms with Crippen LogP contribution in [0.4, 0.5) is 5.82 Å². The van der Waals surface area contributed by atoms with Crippen LogP contribution >= 0.6 is 0 Å². The molecule has 138 valence electrons. The molecule has 0 aliphatic carbocycles. The molecule has 2 atom stereocenters. The molecule has 4 heterocycles. The average Bonchev–Trinajstić information content (AvgIpc) is 3.33. The number of nitrogens with one attached hydrogen (secondary N) is 1. The summed E-state index contributed by atoms with van der Waals surface area (Å²) in [6.07, 6.45) is 9.71. The average molecular weight is 351 g/mol. The Kier molecular flexibility index (Phi) is 5.46. The summed E-state index contributed by atoms with van der Waals surface area (Å²) in [7, 11) is 2.22. The second-order valence-electron chi connectivity index (χ2n) is 7.61. The summed E-state index contributed by atoms with van der Waals surface area (Å²) in [4.78, 5) is 13.8. The smallest absolute Gasteiger partial charge is 0.128 e. The normalized spacial score (nSPS) is 23.7. The number of aromatic nitrogens is 2. The van der Waals surface area contributed by atoms with Crippen molar-refractivity contribution in [3.05, 3.63) is 54.0 Å². The fourth-order valence-electron chi connectivity index (χ4n) is 4.37. The molecule has 2 fully saturated rings. The third-order valence-electron chi connectivity index (χ3n) is 5.77. The summed E-state index contributed by atoms with van der Waals surface area (Å²) in [6, 6.07) is 9.09. The second kappa shape index (κ2) is 8.14. The molecular formula is C21H29N5. The summed E-state index contributed by atoms with van der Waals surface area (Å²) in [6.45, 7) is 5.36. The number of hydrogen-bond acceptors (Lipinski definition) is 5. The van der Waals surface area contributed by atoms with Crippen LogP contribution in [-0.4, -0.2) is 48.1 Å². The van der Waals surface area contributed by atoms with E-state index in [9.17, 15) is 0 Å². The van der Waals surface area contributed by atoms with Gasteiger partial charge in [-0.15, -0.1) is 0 Å². The summed E-state index contributed by atoms with van der Waals surface area (Å²) >= 11 is 0. The van der Waals surface area contributed by atoms with Crippen molar-refractivity contribution >= 4 is 5.82 Å². The molecule has 0 amide bonds. The molecule has 4 rings (SSSR count). The Hall–Kier alpha value is -1.98. The van der Waals surface area contributed by atoms with Gasteiger partial charge >= 0.3 is 0 Å². The Labute approximate surface area is 156 Å². The van der Waals surface area contributed by atoms with Gasteiger partial charge in [0.25, 0.3) is 0 Å². The van der Waals surface area contributed by atoms with Crippen LogP contribution in [0.2, 0.25) is 0 Å². The summed E-state index contributed by atoms with van der Waals surface area (Å²) < 4.78 is 0. The maximum absolute atomic E-state index is 4.66. The van der Waals surface area contributed by atoms with Gasteiger partial charge in [-0.3, -0.25) is 9.88 Å². The second-order valence-corrected chi connectivity index (χ2v) is 7.61. The zero-order valence-corrected chi connectivity index (χ0v) is 15.6. The minimum Gasteiger partial charge on any atom is -0.357 e. The van der Waals surface area contributed by atoms with Gasteiger partial charge in [-0.05, 0) is 62.0 Å². The van der Waals surface area contributed by atoms with Gasteiger partial charge in [-0.25, -0.2) is 4.98 Å². The van der Waals surface area contributed by atoms with E-state index in [1.807, 2.05) is 24.7 Å². The number of hydrogen-bond donors (Lipinski definition) is 1. The van der Waals surface area contributed by atoms with E-state index in [-0.39, 0.29) is 0 Å². The van der Waals surface area contributed by atoms with Crippen LogP contribution in [0.1, 0.15) is 36.4 Å². The lowest BCUT2D eigenvalue weighted by molar-refractivity contribution is 0.271. The molecule has 2 aliphatic rings. The Morgan fingerprint density at radius 3 is 2.73 bits per heavy atom. The highest BCUT2D eigenvalue weighted by Crippen LogP contribution is 2.35. The SMILES string of the molecule is CN1CC[C@@H](CNCc2ccc(N3CCCC3)nc2)[C@@H]1c1cccnc1. The van der Waals surface area contributed by atoms with Crippen LogP contribution in [0, 0.1) is 5.92 Å². The lowest BCUT2D eigenvalue weighted by Crippen LogP contribution is -2.28. The molecule has 2 aromatic heterocycles. The highest BCUT2D eigenvalue weighted by atomic mass is 15.2. The van der Waals surface area contributed by atoms with E-state index in [1.165, 1.54) is 30.4 Å². The van der Waals surface area contributed by atoms with Crippen molar-refractivity contribution in [2.24, 2.45) is 5.92 Å². The molecule has 0 aromatic carbocycles. The zero-order valence-electron chi connectivity index (χ0n) is 15.6. The van der Waals surface area contributed by atoms with Gasteiger partial charge in [0.2, 0.25) is 0 Å². The van der Waals surface area contributed by atoms with Crippen LogP contribution in [0.25, 0.3) is 0 Å². The molecule has 5 heteroatoms. The maximum Gasteiger partial charge on any atom is 0.128 e. The molecule has 0 bridgehead atoms. The van der Waals surface area contributed by atoms with Crippen LogP contribution < -0.4 is 10.2 Å². The van der Waals surface area contributed by atoms with E-state index in [0.29, 0.717) is 12.0 Å². The highest BCUT2D eigenvalue weighted by molar-refractivity contribution is 5.40. The van der Waals surface area contributed by atoms with Crippen molar-refractivity contribution in [2.75, 3.05) is 38.1 Å². The largest absolute Gasteiger partial charge is 0.357 e. The number of rotatable bonds is 6. The minimum absolute atomic E-state index is 0.465. The molecule has 2 saturated heterocycles. The first-order valence-corrected chi connectivity index (χ1v) is 9.82. The molecule has 0 spiro atoms. The van der Waals surface area contributed by atoms with Crippen LogP contribution in [0.5, 0.6) is 0 Å². The van der Waals surface area contributed by atoms with Gasteiger partial charge < -0.3 is 10.2 Å². The highest BCUT2D eigenvalue weighted by Gasteiger charge is 2.32. The van der Waals surface area contributed by atoms with E-state index in [0.717, 1.165) is 38.5 Å². The molecule has 0 radical (unpaired) electrons. The van der Waals surface area contributed by atoms with Crippen molar-refractivity contribution < 1.29 is 0 Å². The van der Waals surface area contributed by atoms with Gasteiger partial charge in [0.1, 0.15) is 5.82 Å². The number of pyridine rings is 2. The topological polar surface area (TPSA) is 44.3 Å². The Balaban J connectivity index is 1.31. The van der Waals surface area contributed by atoms with E-state index in [1.54, 1.807) is 0 Å². The molecule has 2 aliphatic heterocycles. The van der Waals surface area contributed by atoms with Gasteiger partial charge in [-0.1, -0.05) is 12.1 Å². The van der Waals surface area contributed by atoms with Gasteiger partial charge in [0.05, 0.1) is 0 Å². The molecule has 0 unspecified atom stereocenters. The summed E-state index contributed by atoms with van der Waals surface area (Å²) in [5.74, 6) is 1.75. The van der Waals surface area contributed by atoms with Crippen molar-refractivity contribution in [1.82, 2.24) is 20.2 Å². The summed E-state index contributed by atoms with van der Waals surface area (Å²) in [5, 5.41) is 3.65. The Bertz CT molecular complexity index is 681. The van der Waals surface area contributed by atoms with Crippen LogP contribution in [0.3, 0.4) is 0 Å². The van der Waals surface area contributed by atoms with E-state index in [2.05, 4.69) is 50.3 Å². The standard InChI is InChI=1S/C21H29N5/c1-25-12-8-19(21(25)18-5-4-9-22-15-18)16-23-13-17-6-7-20(24-14-17)26-10-2-3-11-26/h4-7,9,14-15,19,21,23H,2-3,8,10-13,16H2,1H3/t19-,21-/m0/s1. The summed E-state index contributed by atoms with van der Waals surface area (Å²) in [5.41, 5.74) is 2.59. The van der Waals surface area contributed by atoms with E-state index < -0.39 is 0 Å². The van der Waals surface area contributed by atoms with Gasteiger partial charge in [0.15, 0.2) is 0 Å². The lowest BCUT2D eigenvalue weighted by atomic mass is 9.95. The Morgan fingerprint density at radius 2 is 2.00 bits per heavy atom. The van der Waals surface area contributed by atoms with Crippen molar-refractivity contribution in [1.29, 1.82) is 0 Å². The number of likely N-dealkylation sites (tertiary alicyclic amines) is 1. The molecule has 1 N–H and O–H groups in total. The predicted molar refractivity (Wildman–Crippen MR) is 105 cm³/mol. The van der Waals surface area contributed by atoms with E-state index >= 15 is 0 Å². The fourth-order valence-corrected chi connectivity index (χ4v) is 4.37. The quantitative estimate of drug-likeness (QED) is 0.867. The van der Waals surface area contributed by atoms with Crippen molar-refractivity contribution in [3.63, 3.8) is 0 Å².